The molecular formula is C83H144O17P2. The van der Waals surface area contributed by atoms with Crippen LogP contribution in [0.2, 0.25) is 0 Å². The number of unbranched alkanes of at least 4 members (excludes halogenated alkanes) is 31. The number of rotatable bonds is 75. The summed E-state index contributed by atoms with van der Waals surface area (Å²) in [5.41, 5.74) is 0. The lowest BCUT2D eigenvalue weighted by Crippen LogP contribution is -2.30. The van der Waals surface area contributed by atoms with Gasteiger partial charge in [-0.3, -0.25) is 37.3 Å². The highest BCUT2D eigenvalue weighted by Gasteiger charge is 2.30. The van der Waals surface area contributed by atoms with Gasteiger partial charge in [0, 0.05) is 25.7 Å². The number of hydrogen-bond donors (Lipinski definition) is 3. The van der Waals surface area contributed by atoms with E-state index < -0.39 is 97.5 Å². The molecule has 19 heteroatoms. The predicted molar refractivity (Wildman–Crippen MR) is 418 cm³/mol. The summed E-state index contributed by atoms with van der Waals surface area (Å²) in [4.78, 5) is 73.0. The monoisotopic (exact) mass is 1470 g/mol. The fraction of sp³-hybridized carbons (Fsp3) is 0.735. The van der Waals surface area contributed by atoms with Crippen molar-refractivity contribution in [2.45, 2.75) is 354 Å². The summed E-state index contributed by atoms with van der Waals surface area (Å²) in [5.74, 6) is -2.24. The Kier molecular flexibility index (Phi) is 71.8. The van der Waals surface area contributed by atoms with Gasteiger partial charge in [-0.05, 0) is 103 Å². The SMILES string of the molecule is CC/C=C\C/C=C\C/C=C\C/C=C\C/C=C\CCCC(=O)OC(COC(=O)CCCCCCCC/C=C\C/C=C\C/C=C\C/C=C\CC)COP(=O)(O)OCC(O)COP(=O)(O)OCC(COC(=O)CCCCCCCCCCCCCCCCC)OC(=O)CCCCCCCCCCCCC. The van der Waals surface area contributed by atoms with E-state index in [1.807, 2.05) is 12.2 Å². The summed E-state index contributed by atoms with van der Waals surface area (Å²) in [6, 6.07) is 0. The lowest BCUT2D eigenvalue weighted by Gasteiger charge is -2.21. The number of carbonyl (C=O) groups is 4. The molecule has 588 valence electrons. The lowest BCUT2D eigenvalue weighted by atomic mass is 10.0. The molecule has 0 aromatic carbocycles. The van der Waals surface area contributed by atoms with E-state index in [0.717, 1.165) is 141 Å². The maximum absolute atomic E-state index is 13.1. The van der Waals surface area contributed by atoms with Crippen LogP contribution in [0.5, 0.6) is 0 Å². The molecule has 102 heavy (non-hydrogen) atoms. The Morgan fingerprint density at radius 1 is 0.284 bits per heavy atom. The highest BCUT2D eigenvalue weighted by molar-refractivity contribution is 7.47. The van der Waals surface area contributed by atoms with Gasteiger partial charge in [0.2, 0.25) is 0 Å². The molecule has 0 bridgehead atoms. The van der Waals surface area contributed by atoms with E-state index in [2.05, 4.69) is 125 Å². The lowest BCUT2D eigenvalue weighted by molar-refractivity contribution is -0.161. The molecule has 17 nitrogen and oxygen atoms in total. The van der Waals surface area contributed by atoms with E-state index in [1.165, 1.54) is 109 Å². The summed E-state index contributed by atoms with van der Waals surface area (Å²) in [6.45, 7) is 4.60. The van der Waals surface area contributed by atoms with Gasteiger partial charge in [0.1, 0.15) is 19.3 Å². The van der Waals surface area contributed by atoms with Gasteiger partial charge < -0.3 is 33.8 Å². The smallest absolute Gasteiger partial charge is 0.462 e. The molecule has 0 amide bonds. The summed E-state index contributed by atoms with van der Waals surface area (Å²) < 4.78 is 68.5. The van der Waals surface area contributed by atoms with Crippen LogP contribution in [0.4, 0.5) is 0 Å². The summed E-state index contributed by atoms with van der Waals surface area (Å²) in [6.07, 6.45) is 80.8. The van der Waals surface area contributed by atoms with Gasteiger partial charge in [-0.2, -0.15) is 0 Å². The number of hydrogen-bond acceptors (Lipinski definition) is 15. The van der Waals surface area contributed by atoms with Crippen LogP contribution < -0.4 is 0 Å². The molecule has 3 N–H and O–H groups in total. The first-order valence-corrected chi connectivity index (χ1v) is 43.1. The third kappa shape index (κ3) is 74.0. The average Bonchev–Trinajstić information content (AvgIpc) is 0.927. The van der Waals surface area contributed by atoms with Crippen LogP contribution >= 0.6 is 15.6 Å². The largest absolute Gasteiger partial charge is 0.472 e. The first-order valence-electron chi connectivity index (χ1n) is 40.1. The Balaban J connectivity index is 5.38. The molecule has 0 fully saturated rings. The van der Waals surface area contributed by atoms with E-state index in [1.54, 1.807) is 0 Å². The van der Waals surface area contributed by atoms with Crippen LogP contribution in [0.15, 0.2) is 109 Å². The van der Waals surface area contributed by atoms with Crippen molar-refractivity contribution in [1.82, 2.24) is 0 Å². The molecule has 0 aliphatic heterocycles. The van der Waals surface area contributed by atoms with Crippen molar-refractivity contribution >= 4 is 39.5 Å². The summed E-state index contributed by atoms with van der Waals surface area (Å²) in [7, 11) is -9.97. The maximum atomic E-state index is 13.1. The highest BCUT2D eigenvalue weighted by Crippen LogP contribution is 2.45. The number of esters is 4. The molecule has 0 saturated heterocycles. The van der Waals surface area contributed by atoms with Crippen LogP contribution in [0.1, 0.15) is 336 Å². The number of aliphatic hydroxyl groups excluding tert-OH is 1. The van der Waals surface area contributed by atoms with Crippen LogP contribution in [0.25, 0.3) is 0 Å². The number of phosphoric acid groups is 2. The average molecular weight is 1480 g/mol. The molecule has 0 aromatic rings. The minimum absolute atomic E-state index is 0.0124. The van der Waals surface area contributed by atoms with Crippen molar-refractivity contribution in [3.63, 3.8) is 0 Å². The quantitative estimate of drug-likeness (QED) is 0.0169. The molecule has 0 saturated carbocycles. The molecule has 0 aromatic heterocycles. The molecule has 0 heterocycles. The van der Waals surface area contributed by atoms with E-state index >= 15 is 0 Å². The fourth-order valence-corrected chi connectivity index (χ4v) is 12.3. The van der Waals surface area contributed by atoms with Crippen molar-refractivity contribution in [3.05, 3.63) is 109 Å². The van der Waals surface area contributed by atoms with E-state index in [0.29, 0.717) is 32.1 Å². The van der Waals surface area contributed by atoms with Crippen LogP contribution in [0.3, 0.4) is 0 Å². The molecule has 0 spiro atoms. The topological polar surface area (TPSA) is 237 Å². The van der Waals surface area contributed by atoms with Crippen LogP contribution in [-0.4, -0.2) is 96.7 Å². The number of phosphoric ester groups is 2. The molecular weight excluding hydrogens is 1330 g/mol. The number of aliphatic hydroxyl groups is 1. The van der Waals surface area contributed by atoms with Gasteiger partial charge in [0.15, 0.2) is 12.2 Å². The van der Waals surface area contributed by atoms with Gasteiger partial charge >= 0.3 is 39.5 Å². The fourth-order valence-electron chi connectivity index (χ4n) is 10.7. The zero-order chi connectivity index (χ0) is 74.6. The van der Waals surface area contributed by atoms with E-state index in [-0.39, 0.29) is 25.7 Å². The molecule has 5 unspecified atom stereocenters. The summed E-state index contributed by atoms with van der Waals surface area (Å²) >= 11 is 0. The zero-order valence-electron chi connectivity index (χ0n) is 64.3. The minimum Gasteiger partial charge on any atom is -0.462 e. The molecule has 0 radical (unpaired) electrons. The number of carbonyl (C=O) groups excluding carboxylic acids is 4. The first-order chi connectivity index (χ1) is 49.7. The Bertz CT molecular complexity index is 2360. The van der Waals surface area contributed by atoms with Crippen LogP contribution in [-0.2, 0) is 65.4 Å². The van der Waals surface area contributed by atoms with Gasteiger partial charge in [-0.1, -0.05) is 317 Å². The maximum Gasteiger partial charge on any atom is 0.472 e. The second-order valence-electron chi connectivity index (χ2n) is 26.6. The Morgan fingerprint density at radius 3 is 0.824 bits per heavy atom. The van der Waals surface area contributed by atoms with Crippen molar-refractivity contribution in [2.24, 2.45) is 0 Å². The van der Waals surface area contributed by atoms with E-state index in [9.17, 15) is 43.2 Å². The zero-order valence-corrected chi connectivity index (χ0v) is 66.0. The molecule has 0 aliphatic carbocycles. The molecule has 5 atom stereocenters. The Morgan fingerprint density at radius 2 is 0.520 bits per heavy atom. The Hall–Kier alpha value is -4.28. The van der Waals surface area contributed by atoms with E-state index in [4.69, 9.17) is 37.0 Å². The van der Waals surface area contributed by atoms with Crippen molar-refractivity contribution < 1.29 is 80.2 Å². The van der Waals surface area contributed by atoms with Crippen molar-refractivity contribution in [2.75, 3.05) is 39.6 Å². The third-order valence-electron chi connectivity index (χ3n) is 16.8. The second kappa shape index (κ2) is 75.0. The van der Waals surface area contributed by atoms with Gasteiger partial charge in [0.25, 0.3) is 0 Å². The van der Waals surface area contributed by atoms with Crippen molar-refractivity contribution in [3.8, 4) is 0 Å². The van der Waals surface area contributed by atoms with Gasteiger partial charge in [-0.25, -0.2) is 9.13 Å². The Labute approximate surface area is 619 Å². The number of ether oxygens (including phenoxy) is 4. The molecule has 0 aliphatic rings. The second-order valence-corrected chi connectivity index (χ2v) is 29.5. The predicted octanol–water partition coefficient (Wildman–Crippen LogP) is 23.3. The highest BCUT2D eigenvalue weighted by atomic mass is 31.2. The third-order valence-corrected chi connectivity index (χ3v) is 18.7. The minimum atomic E-state index is -4.99. The summed E-state index contributed by atoms with van der Waals surface area (Å²) in [5, 5.41) is 10.6. The standard InChI is InChI=1S/C83H144O17P2/c1-5-9-13-17-21-25-29-32-35-37-38-40-42-45-49-52-56-60-64-68-81(86)94-74-79(100-83(88)70-66-62-58-54-50-46-43-39-36-33-30-26-22-18-14-10-6-2)76-98-102(91,92)96-72-77(84)71-95-101(89,90)97-75-78(99-82(87)69-65-61-57-53-47-28-24-20-16-12-8-4)73-93-80(85)67-63-59-55-51-48-44-41-34-31-27-23-19-15-11-7-3/h9-10,13-14,21-22,25-26,32-33,35-36,38,40,43,46,54,58,77-79,84H,5-8,11-12,15-20,23-24,27-31,34,37,39,41-42,44-45,47-53,55-57,59-76H2,1-4H3,(H,89,90)(H,91,92)/b13-9-,14-10-,25-21-,26-22-,35-32-,36-33-,40-38-,46-43-,58-54-. The first kappa shape index (κ1) is 97.7. The normalized spacial score (nSPS) is 14.5. The van der Waals surface area contributed by atoms with Gasteiger partial charge in [-0.15, -0.1) is 0 Å². The van der Waals surface area contributed by atoms with Gasteiger partial charge in [0.05, 0.1) is 26.4 Å². The van der Waals surface area contributed by atoms with Crippen molar-refractivity contribution in [1.29, 1.82) is 0 Å². The molecule has 0 rings (SSSR count). The van der Waals surface area contributed by atoms with Crippen LogP contribution in [0, 0.1) is 0 Å². The number of allylic oxidation sites excluding steroid dienone is 18.